The van der Waals surface area contributed by atoms with Gasteiger partial charge in [0.2, 0.25) is 5.97 Å². The molecule has 0 amide bonds. The number of hydrogen-bond acceptors (Lipinski definition) is 2. The van der Waals surface area contributed by atoms with Crippen molar-refractivity contribution in [2.45, 2.75) is 11.8 Å². The summed E-state index contributed by atoms with van der Waals surface area (Å²) < 4.78 is 12.7. The first kappa shape index (κ1) is 9.50. The molecule has 64 valence electrons. The third-order valence-corrected chi connectivity index (χ3v) is 2.16. The summed E-state index contributed by atoms with van der Waals surface area (Å²) in [5.74, 6) is -0.653. The van der Waals surface area contributed by atoms with Gasteiger partial charge in [0.25, 0.3) is 0 Å². The molecule has 0 aromatic carbocycles. The molecule has 1 unspecified atom stereocenters. The Labute approximate surface area is 79.3 Å². The van der Waals surface area contributed by atoms with E-state index in [9.17, 15) is 4.39 Å². The fourth-order valence-corrected chi connectivity index (χ4v) is 1.22. The maximum Gasteiger partial charge on any atom is 0.203 e. The van der Waals surface area contributed by atoms with Crippen LogP contribution in [0, 0.1) is 11.3 Å². The van der Waals surface area contributed by atoms with Crippen LogP contribution in [0.2, 0.25) is 0 Å². The van der Waals surface area contributed by atoms with Crippen LogP contribution in [0.3, 0.4) is 0 Å². The van der Waals surface area contributed by atoms with E-state index in [-0.39, 0.29) is 18.0 Å². The number of hydrogen-bond donors (Lipinski definition) is 0. The maximum atomic E-state index is 12.7. The highest BCUT2D eigenvalue weighted by molar-refractivity contribution is 6.33. The lowest BCUT2D eigenvalue weighted by molar-refractivity contribution is 0.757. The van der Waals surface area contributed by atoms with Gasteiger partial charge in [-0.2, -0.15) is 9.65 Å². The Balaban J connectivity index is 2.91. The van der Waals surface area contributed by atoms with E-state index >= 15 is 0 Å². The Morgan fingerprint density at radius 1 is 1.67 bits per heavy atom. The molecule has 1 rings (SSSR count). The number of alkyl halides is 1. The summed E-state index contributed by atoms with van der Waals surface area (Å²) in [4.78, 5) is 3.46. The summed E-state index contributed by atoms with van der Waals surface area (Å²) >= 11 is 11.2. The van der Waals surface area contributed by atoms with E-state index in [2.05, 4.69) is 4.99 Å². The number of rotatable bonds is 0. The first-order chi connectivity index (χ1) is 5.65. The second-order valence-electron chi connectivity index (χ2n) is 2.31. The molecule has 0 aliphatic carbocycles. The molecular weight excluding hydrogens is 202 g/mol. The second-order valence-corrected chi connectivity index (χ2v) is 3.29. The molecule has 0 aromatic rings. The lowest BCUT2D eigenvalue weighted by atomic mass is 10.1. The van der Waals surface area contributed by atoms with Crippen molar-refractivity contribution in [3.8, 4) is 6.07 Å². The molecule has 1 aliphatic rings. The lowest BCUT2D eigenvalue weighted by Crippen LogP contribution is -2.08. The van der Waals surface area contributed by atoms with Crippen LogP contribution in [-0.2, 0) is 0 Å². The molecule has 0 spiro atoms. The summed E-state index contributed by atoms with van der Waals surface area (Å²) in [7, 11) is 0. The zero-order valence-electron chi connectivity index (χ0n) is 6.02. The summed E-state index contributed by atoms with van der Waals surface area (Å²) in [5.41, 5.74) is 0.313. The van der Waals surface area contributed by atoms with Crippen molar-refractivity contribution in [2.75, 3.05) is 6.54 Å². The summed E-state index contributed by atoms with van der Waals surface area (Å²) in [6.45, 7) is 0.0134. The Bertz CT molecular complexity index is 290. The lowest BCUT2D eigenvalue weighted by Gasteiger charge is -2.00. The van der Waals surface area contributed by atoms with Crippen LogP contribution >= 0.6 is 23.2 Å². The molecular formula is C7H5Cl2FN2. The van der Waals surface area contributed by atoms with Crippen molar-refractivity contribution in [2.24, 2.45) is 4.99 Å². The predicted molar refractivity (Wildman–Crippen MR) is 46.2 cm³/mol. The molecule has 1 aliphatic heterocycles. The van der Waals surface area contributed by atoms with Crippen LogP contribution in [0.5, 0.6) is 0 Å². The van der Waals surface area contributed by atoms with Gasteiger partial charge in [-0.1, -0.05) is 11.6 Å². The molecule has 12 heavy (non-hydrogen) atoms. The summed E-state index contributed by atoms with van der Waals surface area (Å²) in [6.07, 6.45) is 0.117. The van der Waals surface area contributed by atoms with Crippen LogP contribution in [0.25, 0.3) is 0 Å². The van der Waals surface area contributed by atoms with Gasteiger partial charge < -0.3 is 0 Å². The van der Waals surface area contributed by atoms with Gasteiger partial charge in [0, 0.05) is 12.0 Å². The molecule has 5 heteroatoms. The van der Waals surface area contributed by atoms with Crippen LogP contribution in [0.4, 0.5) is 4.39 Å². The highest BCUT2D eigenvalue weighted by Gasteiger charge is 2.20. The SMILES string of the molecule is N#CC1=C(Cl)CN=C(F)C(Cl)C1. The highest BCUT2D eigenvalue weighted by Crippen LogP contribution is 2.22. The van der Waals surface area contributed by atoms with Gasteiger partial charge in [-0.05, 0) is 0 Å². The molecule has 0 bridgehead atoms. The van der Waals surface area contributed by atoms with E-state index < -0.39 is 11.3 Å². The summed E-state index contributed by atoms with van der Waals surface area (Å²) in [5, 5.41) is 7.99. The van der Waals surface area contributed by atoms with Crippen molar-refractivity contribution >= 4 is 29.2 Å². The maximum absolute atomic E-state index is 12.7. The van der Waals surface area contributed by atoms with Crippen molar-refractivity contribution in [1.29, 1.82) is 5.26 Å². The Kier molecular flexibility index (Phi) is 3.07. The minimum Gasteiger partial charge on any atom is -0.255 e. The van der Waals surface area contributed by atoms with E-state index in [1.165, 1.54) is 0 Å². The Morgan fingerprint density at radius 2 is 2.33 bits per heavy atom. The average molecular weight is 207 g/mol. The molecule has 0 saturated heterocycles. The van der Waals surface area contributed by atoms with Gasteiger partial charge in [0.1, 0.15) is 5.38 Å². The first-order valence-electron chi connectivity index (χ1n) is 3.26. The second kappa shape index (κ2) is 3.88. The Hall–Kier alpha value is -0.590. The fraction of sp³-hybridized carbons (Fsp3) is 0.429. The predicted octanol–water partition coefficient (Wildman–Crippen LogP) is 2.38. The van der Waals surface area contributed by atoms with Gasteiger partial charge in [-0.25, -0.2) is 0 Å². The fourth-order valence-electron chi connectivity index (χ4n) is 0.820. The Morgan fingerprint density at radius 3 is 2.92 bits per heavy atom. The van der Waals surface area contributed by atoms with Crippen LogP contribution in [0.1, 0.15) is 6.42 Å². The van der Waals surface area contributed by atoms with E-state index in [1.54, 1.807) is 0 Å². The smallest absolute Gasteiger partial charge is 0.203 e. The molecule has 0 N–H and O–H groups in total. The standard InChI is InChI=1S/C7H5Cl2FN2/c8-5-1-4(2-11)6(9)3-12-7(5)10/h5H,1,3H2. The van der Waals surface area contributed by atoms with E-state index in [0.717, 1.165) is 0 Å². The number of allylic oxidation sites excluding steroid dienone is 1. The van der Waals surface area contributed by atoms with Gasteiger partial charge in [-0.15, -0.1) is 11.6 Å². The topological polar surface area (TPSA) is 36.1 Å². The van der Waals surface area contributed by atoms with E-state index in [0.29, 0.717) is 5.57 Å². The van der Waals surface area contributed by atoms with Gasteiger partial charge in [0.05, 0.1) is 17.6 Å². The van der Waals surface area contributed by atoms with Crippen molar-refractivity contribution in [3.63, 3.8) is 0 Å². The number of aliphatic imine (C=N–C) groups is 1. The van der Waals surface area contributed by atoms with Crippen LogP contribution in [-0.4, -0.2) is 17.9 Å². The van der Waals surface area contributed by atoms with Gasteiger partial charge in [0.15, 0.2) is 0 Å². The first-order valence-corrected chi connectivity index (χ1v) is 4.08. The van der Waals surface area contributed by atoms with Crippen LogP contribution in [0.15, 0.2) is 15.6 Å². The molecule has 0 aromatic heterocycles. The molecule has 2 nitrogen and oxygen atoms in total. The minimum absolute atomic E-state index is 0.0134. The molecule has 0 fully saturated rings. The zero-order valence-corrected chi connectivity index (χ0v) is 7.53. The van der Waals surface area contributed by atoms with Crippen molar-refractivity contribution in [1.82, 2.24) is 0 Å². The van der Waals surface area contributed by atoms with E-state index in [1.807, 2.05) is 6.07 Å². The van der Waals surface area contributed by atoms with Gasteiger partial charge >= 0.3 is 0 Å². The summed E-state index contributed by atoms with van der Waals surface area (Å²) in [6, 6.07) is 1.87. The van der Waals surface area contributed by atoms with Crippen molar-refractivity contribution in [3.05, 3.63) is 10.6 Å². The number of nitriles is 1. The largest absolute Gasteiger partial charge is 0.255 e. The minimum atomic E-state index is -0.851. The van der Waals surface area contributed by atoms with Crippen LogP contribution < -0.4 is 0 Å². The normalized spacial score (nSPS) is 24.5. The van der Waals surface area contributed by atoms with E-state index in [4.69, 9.17) is 28.5 Å². The number of halogens is 3. The molecule has 1 atom stereocenters. The molecule has 1 heterocycles. The highest BCUT2D eigenvalue weighted by atomic mass is 35.5. The molecule has 0 saturated carbocycles. The quantitative estimate of drug-likeness (QED) is 0.561. The van der Waals surface area contributed by atoms with Gasteiger partial charge in [-0.3, -0.25) is 4.99 Å². The monoisotopic (exact) mass is 206 g/mol. The van der Waals surface area contributed by atoms with Crippen molar-refractivity contribution < 1.29 is 4.39 Å². The molecule has 0 radical (unpaired) electrons. The third-order valence-electron chi connectivity index (χ3n) is 1.47. The zero-order chi connectivity index (χ0) is 9.14. The average Bonchev–Trinajstić information content (AvgIpc) is 2.18. The third kappa shape index (κ3) is 1.96. The number of nitrogens with zero attached hydrogens (tertiary/aromatic N) is 2.